The van der Waals surface area contributed by atoms with Crippen LogP contribution in [0.2, 0.25) is 0 Å². The lowest BCUT2D eigenvalue weighted by molar-refractivity contribution is 0.0951. The van der Waals surface area contributed by atoms with Gasteiger partial charge in [0.2, 0.25) is 10.0 Å². The summed E-state index contributed by atoms with van der Waals surface area (Å²) >= 11 is 0. The summed E-state index contributed by atoms with van der Waals surface area (Å²) in [7, 11) is -3.35. The second-order valence-electron chi connectivity index (χ2n) is 7.39. The second-order valence-corrected chi connectivity index (χ2v) is 9.14. The summed E-state index contributed by atoms with van der Waals surface area (Å²) in [6, 6.07) is 13.2. The molecule has 0 radical (unpaired) electrons. The SMILES string of the molecule is Cc1cc(C(=O)NCc2cccc(CN3CCCC3)c2)ccc1NS(C)(=O)=O. The first-order valence-corrected chi connectivity index (χ1v) is 11.4. The number of sulfonamides is 1. The van der Waals surface area contributed by atoms with Gasteiger partial charge in [0.1, 0.15) is 0 Å². The van der Waals surface area contributed by atoms with E-state index in [-0.39, 0.29) is 5.91 Å². The first-order valence-electron chi connectivity index (χ1n) is 9.47. The Morgan fingerprint density at radius 3 is 2.46 bits per heavy atom. The van der Waals surface area contributed by atoms with Crippen LogP contribution in [-0.2, 0) is 23.1 Å². The first-order chi connectivity index (χ1) is 13.3. The molecule has 0 unspecified atom stereocenters. The fraction of sp³-hybridized carbons (Fsp3) is 0.381. The second kappa shape index (κ2) is 8.75. The molecule has 1 aliphatic heterocycles. The Hall–Kier alpha value is -2.38. The molecule has 2 N–H and O–H groups in total. The van der Waals surface area contributed by atoms with Gasteiger partial charge >= 0.3 is 0 Å². The van der Waals surface area contributed by atoms with Crippen LogP contribution < -0.4 is 10.0 Å². The van der Waals surface area contributed by atoms with E-state index in [1.54, 1.807) is 25.1 Å². The first kappa shape index (κ1) is 20.4. The highest BCUT2D eigenvalue weighted by molar-refractivity contribution is 7.92. The van der Waals surface area contributed by atoms with Gasteiger partial charge in [-0.05, 0) is 67.7 Å². The van der Waals surface area contributed by atoms with Gasteiger partial charge in [-0.1, -0.05) is 24.3 Å². The zero-order valence-corrected chi connectivity index (χ0v) is 17.2. The molecule has 0 saturated carbocycles. The minimum atomic E-state index is -3.35. The molecule has 150 valence electrons. The summed E-state index contributed by atoms with van der Waals surface area (Å²) in [6.07, 6.45) is 3.65. The van der Waals surface area contributed by atoms with Gasteiger partial charge in [0.15, 0.2) is 0 Å². The zero-order chi connectivity index (χ0) is 20.1. The average Bonchev–Trinajstić information content (AvgIpc) is 3.13. The van der Waals surface area contributed by atoms with E-state index < -0.39 is 10.0 Å². The molecule has 0 aliphatic carbocycles. The van der Waals surface area contributed by atoms with Gasteiger partial charge in [-0.3, -0.25) is 14.4 Å². The van der Waals surface area contributed by atoms with E-state index in [0.29, 0.717) is 23.4 Å². The maximum Gasteiger partial charge on any atom is 0.251 e. The molecular weight excluding hydrogens is 374 g/mol. The lowest BCUT2D eigenvalue weighted by Crippen LogP contribution is -2.23. The molecule has 2 aromatic carbocycles. The number of hydrogen-bond donors (Lipinski definition) is 2. The Balaban J connectivity index is 1.60. The molecule has 1 heterocycles. The van der Waals surface area contributed by atoms with Crippen molar-refractivity contribution in [3.63, 3.8) is 0 Å². The third-order valence-corrected chi connectivity index (χ3v) is 5.42. The quantitative estimate of drug-likeness (QED) is 0.748. The summed E-state index contributed by atoms with van der Waals surface area (Å²) in [6.45, 7) is 5.49. The van der Waals surface area contributed by atoms with Crippen LogP contribution in [0.25, 0.3) is 0 Å². The number of amides is 1. The number of rotatable bonds is 7. The topological polar surface area (TPSA) is 78.5 Å². The van der Waals surface area contributed by atoms with E-state index in [1.807, 2.05) is 12.1 Å². The number of anilines is 1. The maximum absolute atomic E-state index is 12.5. The molecule has 0 bridgehead atoms. The smallest absolute Gasteiger partial charge is 0.251 e. The van der Waals surface area contributed by atoms with Crippen LogP contribution in [0.4, 0.5) is 5.69 Å². The highest BCUT2D eigenvalue weighted by atomic mass is 32.2. The third-order valence-electron chi connectivity index (χ3n) is 4.83. The predicted octanol–water partition coefficient (Wildman–Crippen LogP) is 2.89. The molecule has 3 rings (SSSR count). The summed E-state index contributed by atoms with van der Waals surface area (Å²) < 4.78 is 25.2. The van der Waals surface area contributed by atoms with Crippen molar-refractivity contribution in [3.8, 4) is 0 Å². The van der Waals surface area contributed by atoms with Gasteiger partial charge < -0.3 is 5.32 Å². The average molecular weight is 402 g/mol. The van der Waals surface area contributed by atoms with Gasteiger partial charge in [-0.25, -0.2) is 8.42 Å². The molecule has 1 aliphatic rings. The summed E-state index contributed by atoms with van der Waals surface area (Å²) in [4.78, 5) is 14.9. The van der Waals surface area contributed by atoms with E-state index in [2.05, 4.69) is 27.1 Å². The summed E-state index contributed by atoms with van der Waals surface area (Å²) in [5, 5.41) is 2.94. The van der Waals surface area contributed by atoms with E-state index in [9.17, 15) is 13.2 Å². The Bertz CT molecular complexity index is 951. The molecule has 0 aromatic heterocycles. The maximum atomic E-state index is 12.5. The number of likely N-dealkylation sites (tertiary alicyclic amines) is 1. The van der Waals surface area contributed by atoms with E-state index >= 15 is 0 Å². The Morgan fingerprint density at radius 1 is 1.07 bits per heavy atom. The Labute approximate surface area is 167 Å². The van der Waals surface area contributed by atoms with Crippen LogP contribution in [0.15, 0.2) is 42.5 Å². The minimum absolute atomic E-state index is 0.182. The van der Waals surface area contributed by atoms with Crippen molar-refractivity contribution in [2.24, 2.45) is 0 Å². The number of carbonyl (C=O) groups excluding carboxylic acids is 1. The Kier molecular flexibility index (Phi) is 6.36. The monoisotopic (exact) mass is 401 g/mol. The van der Waals surface area contributed by atoms with Gasteiger partial charge in [-0.15, -0.1) is 0 Å². The standard InChI is InChI=1S/C21H27N3O3S/c1-16-12-19(8-9-20(16)23-28(2,26)27)21(25)22-14-17-6-5-7-18(13-17)15-24-10-3-4-11-24/h5-9,12-13,23H,3-4,10-11,14-15H2,1-2H3,(H,22,25). The highest BCUT2D eigenvalue weighted by Crippen LogP contribution is 2.18. The number of aryl methyl sites for hydroxylation is 1. The predicted molar refractivity (Wildman–Crippen MR) is 112 cm³/mol. The number of hydrogen-bond acceptors (Lipinski definition) is 4. The van der Waals surface area contributed by atoms with E-state index in [4.69, 9.17) is 0 Å². The fourth-order valence-corrected chi connectivity index (χ4v) is 4.07. The molecule has 1 fully saturated rings. The fourth-order valence-electron chi connectivity index (χ4n) is 3.44. The molecule has 1 amide bonds. The Morgan fingerprint density at radius 2 is 1.79 bits per heavy atom. The molecule has 6 nitrogen and oxygen atoms in total. The molecule has 2 aromatic rings. The van der Waals surface area contributed by atoms with Crippen LogP contribution in [0, 0.1) is 6.92 Å². The minimum Gasteiger partial charge on any atom is -0.348 e. The molecule has 28 heavy (non-hydrogen) atoms. The molecule has 7 heteroatoms. The number of nitrogens with one attached hydrogen (secondary N) is 2. The lowest BCUT2D eigenvalue weighted by atomic mass is 10.1. The van der Waals surface area contributed by atoms with E-state index in [0.717, 1.165) is 31.5 Å². The van der Waals surface area contributed by atoms with Gasteiger partial charge in [0.25, 0.3) is 5.91 Å². The summed E-state index contributed by atoms with van der Waals surface area (Å²) in [5.41, 5.74) is 4.02. The van der Waals surface area contributed by atoms with Crippen LogP contribution in [0.1, 0.15) is 39.9 Å². The van der Waals surface area contributed by atoms with Crippen LogP contribution in [0.5, 0.6) is 0 Å². The van der Waals surface area contributed by atoms with Crippen LogP contribution in [-0.4, -0.2) is 38.6 Å². The van der Waals surface area contributed by atoms with Crippen molar-refractivity contribution < 1.29 is 13.2 Å². The molecule has 0 atom stereocenters. The van der Waals surface area contributed by atoms with E-state index in [1.165, 1.54) is 18.4 Å². The van der Waals surface area contributed by atoms with Crippen molar-refractivity contribution in [2.45, 2.75) is 32.9 Å². The molecule has 0 spiro atoms. The number of benzene rings is 2. The number of nitrogens with zero attached hydrogens (tertiary/aromatic N) is 1. The molecular formula is C21H27N3O3S. The summed E-state index contributed by atoms with van der Waals surface area (Å²) in [5.74, 6) is -0.182. The van der Waals surface area contributed by atoms with Crippen molar-refractivity contribution in [2.75, 3.05) is 24.1 Å². The highest BCUT2D eigenvalue weighted by Gasteiger charge is 2.13. The van der Waals surface area contributed by atoms with Gasteiger partial charge in [0, 0.05) is 18.7 Å². The van der Waals surface area contributed by atoms with Crippen LogP contribution in [0.3, 0.4) is 0 Å². The van der Waals surface area contributed by atoms with Crippen molar-refractivity contribution >= 4 is 21.6 Å². The normalized spacial score (nSPS) is 14.8. The van der Waals surface area contributed by atoms with Crippen molar-refractivity contribution in [3.05, 3.63) is 64.7 Å². The number of carbonyl (C=O) groups is 1. The molecule has 1 saturated heterocycles. The van der Waals surface area contributed by atoms with Crippen LogP contribution >= 0.6 is 0 Å². The lowest BCUT2D eigenvalue weighted by Gasteiger charge is -2.15. The third kappa shape index (κ3) is 5.81. The van der Waals surface area contributed by atoms with Crippen molar-refractivity contribution in [1.82, 2.24) is 10.2 Å². The van der Waals surface area contributed by atoms with Crippen molar-refractivity contribution in [1.29, 1.82) is 0 Å². The van der Waals surface area contributed by atoms with Gasteiger partial charge in [-0.2, -0.15) is 0 Å². The van der Waals surface area contributed by atoms with Gasteiger partial charge in [0.05, 0.1) is 11.9 Å². The zero-order valence-electron chi connectivity index (χ0n) is 16.4. The largest absolute Gasteiger partial charge is 0.348 e.